The van der Waals surface area contributed by atoms with Crippen LogP contribution in [0.25, 0.3) is 0 Å². The number of hydrogen-bond donors (Lipinski definition) is 0. The van der Waals surface area contributed by atoms with Gasteiger partial charge in [0.2, 0.25) is 0 Å². The third-order valence-electron chi connectivity index (χ3n) is 3.36. The van der Waals surface area contributed by atoms with Gasteiger partial charge in [-0.3, -0.25) is 0 Å². The quantitative estimate of drug-likeness (QED) is 0.592. The van der Waals surface area contributed by atoms with Gasteiger partial charge in [0.15, 0.2) is 0 Å². The number of halogens is 4. The van der Waals surface area contributed by atoms with E-state index in [1.165, 1.54) is 0 Å². The van der Waals surface area contributed by atoms with E-state index in [0.29, 0.717) is 11.7 Å². The van der Waals surface area contributed by atoms with Crippen LogP contribution in [0, 0.1) is 0 Å². The van der Waals surface area contributed by atoms with Gasteiger partial charge in [0, 0.05) is 0 Å². The number of fused-ring (bicyclic) bond motifs is 4. The Morgan fingerprint density at radius 2 is 1.06 bits per heavy atom. The van der Waals surface area contributed by atoms with Gasteiger partial charge in [-0.25, -0.2) is 0 Å². The van der Waals surface area contributed by atoms with Gasteiger partial charge in [-0.05, 0) is 0 Å². The summed E-state index contributed by atoms with van der Waals surface area (Å²) in [6, 6.07) is 0. The van der Waals surface area contributed by atoms with Crippen LogP contribution >= 0.6 is 56.5 Å². The molecule has 3 aliphatic heterocycles. The van der Waals surface area contributed by atoms with E-state index in [1.807, 2.05) is 0 Å². The number of hydrazone groups is 2. The van der Waals surface area contributed by atoms with Gasteiger partial charge in [-0.15, -0.1) is 0 Å². The molecule has 0 radical (unpaired) electrons. The van der Waals surface area contributed by atoms with Crippen LogP contribution in [-0.2, 0) is 0 Å². The van der Waals surface area contributed by atoms with E-state index in [2.05, 4.69) is 10.2 Å². The van der Waals surface area contributed by atoms with Crippen molar-refractivity contribution in [1.82, 2.24) is 18.4 Å². The first kappa shape index (κ1) is 13.5. The molecular weight excluding hydrogens is 360 g/mol. The maximum atomic E-state index is 6.76. The third kappa shape index (κ3) is 0.962. The monoisotopic (exact) mass is 370 g/mol. The molecule has 0 aromatic rings. The van der Waals surface area contributed by atoms with Gasteiger partial charge >= 0.3 is 125 Å². The molecule has 0 saturated carbocycles. The fraction of sp³-hybridized carbons (Fsp3) is 0.667. The van der Waals surface area contributed by atoms with Crippen LogP contribution in [-0.4, -0.2) is 44.2 Å². The van der Waals surface area contributed by atoms with Gasteiger partial charge in [-0.1, -0.05) is 0 Å². The molecule has 0 N–H and O–H groups in total. The van der Waals surface area contributed by atoms with Crippen LogP contribution in [0.1, 0.15) is 13.8 Å². The molecule has 1 fully saturated rings. The average Bonchev–Trinajstić information content (AvgIpc) is 2.40. The number of nitrogens with zero attached hydrogens (tertiary/aromatic N) is 6. The Kier molecular flexibility index (Phi) is 2.20. The molecule has 18 heavy (non-hydrogen) atoms. The first-order valence-electron chi connectivity index (χ1n) is 5.06. The molecule has 3 aliphatic rings. The van der Waals surface area contributed by atoms with Crippen molar-refractivity contribution in [2.45, 2.75) is 13.8 Å². The summed E-state index contributed by atoms with van der Waals surface area (Å²) < 4.78 is 6.45. The van der Waals surface area contributed by atoms with Crippen LogP contribution in [0.15, 0.2) is 10.2 Å². The third-order valence-corrected chi connectivity index (χ3v) is 22.0. The fourth-order valence-electron chi connectivity index (χ4n) is 2.71. The Balaban J connectivity index is 2.30. The maximum absolute atomic E-state index is 6.76. The Morgan fingerprint density at radius 1 is 0.778 bits per heavy atom. The van der Waals surface area contributed by atoms with Crippen molar-refractivity contribution >= 4 is 68.2 Å². The Labute approximate surface area is 124 Å². The summed E-state index contributed by atoms with van der Waals surface area (Å²) in [5.41, 5.74) is 0. The van der Waals surface area contributed by atoms with E-state index in [9.17, 15) is 0 Å². The zero-order chi connectivity index (χ0) is 13.8. The molecule has 0 aromatic heterocycles. The molecule has 3 rings (SSSR count). The minimum absolute atomic E-state index is 0.607. The van der Waals surface area contributed by atoms with E-state index in [1.54, 1.807) is 46.4 Å². The second kappa shape index (κ2) is 2.93. The van der Waals surface area contributed by atoms with Crippen molar-refractivity contribution in [2.24, 2.45) is 10.2 Å². The van der Waals surface area contributed by atoms with Crippen LogP contribution in [0.4, 0.5) is 0 Å². The number of hydrogen-bond acceptors (Lipinski definition) is 6. The zero-order valence-electron chi connectivity index (χ0n) is 10.1. The van der Waals surface area contributed by atoms with Crippen molar-refractivity contribution in [1.29, 1.82) is 0 Å². The van der Waals surface area contributed by atoms with E-state index in [4.69, 9.17) is 45.0 Å². The SMILES string of the molecule is CC1=NN(C)P2(Cl)(Cl)N1P1(Cl)(Cl)N(C)N=C(C)N21. The van der Waals surface area contributed by atoms with Crippen molar-refractivity contribution in [3.8, 4) is 0 Å². The minimum atomic E-state index is -3.63. The summed E-state index contributed by atoms with van der Waals surface area (Å²) in [5, 5.41) is 8.62. The summed E-state index contributed by atoms with van der Waals surface area (Å²) >= 11 is 27.0. The molecule has 0 amide bonds. The summed E-state index contributed by atoms with van der Waals surface area (Å²) in [4.78, 5) is 0. The molecule has 0 aliphatic carbocycles. The molecule has 12 heteroatoms. The van der Waals surface area contributed by atoms with Gasteiger partial charge in [0.1, 0.15) is 0 Å². The Hall–Kier alpha value is 0.560. The number of amidine groups is 2. The van der Waals surface area contributed by atoms with Gasteiger partial charge in [0.25, 0.3) is 0 Å². The van der Waals surface area contributed by atoms with Crippen molar-refractivity contribution in [3.05, 3.63) is 0 Å². The first-order chi connectivity index (χ1) is 7.95. The zero-order valence-corrected chi connectivity index (χ0v) is 14.9. The summed E-state index contributed by atoms with van der Waals surface area (Å²) in [6.07, 6.45) is 0. The second-order valence-corrected chi connectivity index (χ2v) is 19.5. The predicted octanol–water partition coefficient (Wildman–Crippen LogP) is 4.37. The summed E-state index contributed by atoms with van der Waals surface area (Å²) in [7, 11) is 3.44. The first-order valence-corrected chi connectivity index (χ1v) is 12.9. The van der Waals surface area contributed by atoms with E-state index in [-0.39, 0.29) is 0 Å². The average molecular weight is 372 g/mol. The molecular formula is C6H12Cl4N6P2. The van der Waals surface area contributed by atoms with Gasteiger partial charge in [-0.2, -0.15) is 0 Å². The van der Waals surface area contributed by atoms with E-state index in [0.717, 1.165) is 0 Å². The predicted molar refractivity (Wildman–Crippen MR) is 82.7 cm³/mol. The summed E-state index contributed by atoms with van der Waals surface area (Å²) in [5.74, 6) is -6.05. The number of rotatable bonds is 0. The van der Waals surface area contributed by atoms with Crippen LogP contribution in [0.5, 0.6) is 0 Å². The molecule has 0 unspecified atom stereocenters. The molecule has 0 atom stereocenters. The van der Waals surface area contributed by atoms with Gasteiger partial charge < -0.3 is 0 Å². The molecule has 1 saturated heterocycles. The fourth-order valence-corrected chi connectivity index (χ4v) is 27.1. The molecule has 104 valence electrons. The molecule has 3 heterocycles. The second-order valence-electron chi connectivity index (χ2n) is 4.42. The summed E-state index contributed by atoms with van der Waals surface area (Å²) in [6.45, 7) is 3.57. The molecule has 0 bridgehead atoms. The Morgan fingerprint density at radius 3 is 1.33 bits per heavy atom. The standard InChI is InChI=1S/C6H12Cl4N6P2/c1-5-11-13(3)17(7,8)15(5)18(9,10)14(4)12-6(2)16(17)18/h1-4H3. The topological polar surface area (TPSA) is 37.7 Å². The van der Waals surface area contributed by atoms with Crippen molar-refractivity contribution < 1.29 is 0 Å². The van der Waals surface area contributed by atoms with Crippen LogP contribution in [0.2, 0.25) is 0 Å². The van der Waals surface area contributed by atoms with Crippen LogP contribution in [0.3, 0.4) is 0 Å². The van der Waals surface area contributed by atoms with Gasteiger partial charge in [0.05, 0.1) is 0 Å². The normalized spacial score (nSPS) is 37.3. The van der Waals surface area contributed by atoms with E-state index < -0.39 is 11.5 Å². The van der Waals surface area contributed by atoms with Crippen molar-refractivity contribution in [3.63, 3.8) is 0 Å². The Bertz CT molecular complexity index is 482. The van der Waals surface area contributed by atoms with E-state index >= 15 is 0 Å². The van der Waals surface area contributed by atoms with Crippen molar-refractivity contribution in [2.75, 3.05) is 14.1 Å². The van der Waals surface area contributed by atoms with Crippen LogP contribution < -0.4 is 0 Å². The molecule has 0 spiro atoms. The molecule has 6 nitrogen and oxygen atoms in total. The molecule has 0 aromatic carbocycles.